The van der Waals surface area contributed by atoms with E-state index in [2.05, 4.69) is 20.8 Å². The fraction of sp³-hybridized carbons (Fsp3) is 0.136. The second-order valence-electron chi connectivity index (χ2n) is 6.75. The largest absolute Gasteiger partial charge is 0.478 e. The number of nitrogens with one attached hydrogen (secondary N) is 2. The summed E-state index contributed by atoms with van der Waals surface area (Å²) >= 11 is 7.23. The molecule has 0 unspecified atom stereocenters. The lowest BCUT2D eigenvalue weighted by Gasteiger charge is -2.06. The number of hydrogen-bond donors (Lipinski definition) is 3. The molecule has 170 valence electrons. The number of thioether (sulfide) groups is 1. The normalized spacial score (nSPS) is 10.8. The molecule has 3 aromatic rings. The van der Waals surface area contributed by atoms with Crippen molar-refractivity contribution in [3.63, 3.8) is 0 Å². The lowest BCUT2D eigenvalue weighted by atomic mass is 10.2. The lowest BCUT2D eigenvalue weighted by Crippen LogP contribution is -2.22. The topological polar surface area (TPSA) is 126 Å². The Balaban J connectivity index is 1.49. The van der Waals surface area contributed by atoms with Crippen molar-refractivity contribution in [2.24, 2.45) is 7.05 Å². The molecule has 0 aliphatic heterocycles. The number of carboxylic acids is 1. The van der Waals surface area contributed by atoms with Crippen molar-refractivity contribution in [3.8, 4) is 0 Å². The van der Waals surface area contributed by atoms with Gasteiger partial charge in [-0.3, -0.25) is 9.59 Å². The standard InChI is InChI=1S/C22H20ClN5O4S/c1-28-18(12-24-19(29)10-9-14-5-2-3-8-17(14)23)26-27-22(28)33-13-20(30)25-16-7-4-6-15(11-16)21(31)32/h2-11H,12-13H2,1H3,(H,24,29)(H,25,30)(H,31,32)/b10-9+. The number of carboxylic acid groups (broad SMARTS) is 1. The minimum Gasteiger partial charge on any atom is -0.478 e. The highest BCUT2D eigenvalue weighted by Crippen LogP contribution is 2.18. The summed E-state index contributed by atoms with van der Waals surface area (Å²) in [7, 11) is 1.73. The van der Waals surface area contributed by atoms with E-state index in [9.17, 15) is 14.4 Å². The fourth-order valence-electron chi connectivity index (χ4n) is 2.68. The minimum atomic E-state index is -1.07. The maximum atomic E-state index is 12.2. The number of carbonyl (C=O) groups excluding carboxylic acids is 2. The highest BCUT2D eigenvalue weighted by atomic mass is 35.5. The van der Waals surface area contributed by atoms with E-state index in [1.54, 1.807) is 42.0 Å². The molecular formula is C22H20ClN5O4S. The number of hydrogen-bond acceptors (Lipinski definition) is 6. The van der Waals surface area contributed by atoms with Crippen LogP contribution < -0.4 is 10.6 Å². The highest BCUT2D eigenvalue weighted by Gasteiger charge is 2.13. The fourth-order valence-corrected chi connectivity index (χ4v) is 3.61. The third kappa shape index (κ3) is 6.93. The Morgan fingerprint density at radius 1 is 1.15 bits per heavy atom. The Kier molecular flexibility index (Phi) is 8.22. The first kappa shape index (κ1) is 24.0. The monoisotopic (exact) mass is 485 g/mol. The number of anilines is 1. The zero-order chi connectivity index (χ0) is 23.8. The van der Waals surface area contributed by atoms with E-state index in [1.165, 1.54) is 30.0 Å². The lowest BCUT2D eigenvalue weighted by molar-refractivity contribution is -0.116. The molecule has 11 heteroatoms. The number of benzene rings is 2. The van der Waals surface area contributed by atoms with E-state index >= 15 is 0 Å². The molecule has 0 spiro atoms. The van der Waals surface area contributed by atoms with Crippen molar-refractivity contribution in [2.45, 2.75) is 11.7 Å². The Morgan fingerprint density at radius 3 is 2.70 bits per heavy atom. The van der Waals surface area contributed by atoms with Gasteiger partial charge >= 0.3 is 5.97 Å². The number of aromatic nitrogens is 3. The molecule has 2 aromatic carbocycles. The molecule has 0 atom stereocenters. The molecule has 0 saturated carbocycles. The Hall–Kier alpha value is -3.63. The molecular weight excluding hydrogens is 466 g/mol. The number of carbonyl (C=O) groups is 3. The van der Waals surface area contributed by atoms with Gasteiger partial charge in [0.05, 0.1) is 17.9 Å². The van der Waals surface area contributed by atoms with Crippen LogP contribution in [0.25, 0.3) is 6.08 Å². The number of amides is 2. The summed E-state index contributed by atoms with van der Waals surface area (Å²) in [6, 6.07) is 13.2. The van der Waals surface area contributed by atoms with Gasteiger partial charge in [0.2, 0.25) is 11.8 Å². The SMILES string of the molecule is Cn1c(CNC(=O)/C=C/c2ccccc2Cl)nnc1SCC(=O)Nc1cccc(C(=O)O)c1. The number of halogens is 1. The first-order valence-corrected chi connectivity index (χ1v) is 11.0. The Labute approximate surface area is 198 Å². The summed E-state index contributed by atoms with van der Waals surface area (Å²) in [5, 5.41) is 23.6. The maximum absolute atomic E-state index is 12.2. The minimum absolute atomic E-state index is 0.0518. The van der Waals surface area contributed by atoms with Gasteiger partial charge in [0.25, 0.3) is 0 Å². The van der Waals surface area contributed by atoms with Gasteiger partial charge < -0.3 is 20.3 Å². The first-order valence-electron chi connectivity index (χ1n) is 9.68. The van der Waals surface area contributed by atoms with Crippen LogP contribution in [0.2, 0.25) is 5.02 Å². The third-order valence-corrected chi connectivity index (χ3v) is 5.76. The first-order chi connectivity index (χ1) is 15.8. The van der Waals surface area contributed by atoms with Crippen molar-refractivity contribution in [2.75, 3.05) is 11.1 Å². The Bertz CT molecular complexity index is 1210. The van der Waals surface area contributed by atoms with Crippen LogP contribution in [0.1, 0.15) is 21.7 Å². The van der Waals surface area contributed by atoms with Crippen LogP contribution in [0, 0.1) is 0 Å². The van der Waals surface area contributed by atoms with E-state index in [0.29, 0.717) is 21.7 Å². The molecule has 0 saturated heterocycles. The number of nitrogens with zero attached hydrogens (tertiary/aromatic N) is 3. The van der Waals surface area contributed by atoms with Crippen molar-refractivity contribution >= 4 is 52.9 Å². The average molecular weight is 486 g/mol. The Morgan fingerprint density at radius 2 is 1.94 bits per heavy atom. The molecule has 0 radical (unpaired) electrons. The van der Waals surface area contributed by atoms with Gasteiger partial charge in [0.1, 0.15) is 0 Å². The van der Waals surface area contributed by atoms with Crippen LogP contribution >= 0.6 is 23.4 Å². The van der Waals surface area contributed by atoms with Crippen LogP contribution in [-0.2, 0) is 23.2 Å². The van der Waals surface area contributed by atoms with E-state index in [0.717, 1.165) is 5.56 Å². The second-order valence-corrected chi connectivity index (χ2v) is 8.10. The van der Waals surface area contributed by atoms with Gasteiger partial charge in [-0.05, 0) is 35.9 Å². The molecule has 0 aliphatic rings. The molecule has 3 rings (SSSR count). The predicted molar refractivity (Wildman–Crippen MR) is 126 cm³/mol. The summed E-state index contributed by atoms with van der Waals surface area (Å²) < 4.78 is 1.68. The van der Waals surface area contributed by atoms with Crippen molar-refractivity contribution in [3.05, 3.63) is 76.6 Å². The van der Waals surface area contributed by atoms with Gasteiger partial charge in [-0.25, -0.2) is 4.79 Å². The average Bonchev–Trinajstić information content (AvgIpc) is 3.15. The summed E-state index contributed by atoms with van der Waals surface area (Å²) in [4.78, 5) is 35.3. The van der Waals surface area contributed by atoms with Gasteiger partial charge in [-0.1, -0.05) is 47.6 Å². The van der Waals surface area contributed by atoms with Crippen molar-refractivity contribution in [1.29, 1.82) is 0 Å². The third-order valence-electron chi connectivity index (χ3n) is 4.39. The molecule has 2 amide bonds. The molecule has 3 N–H and O–H groups in total. The summed E-state index contributed by atoms with van der Waals surface area (Å²) in [5.41, 5.74) is 1.22. The van der Waals surface area contributed by atoms with E-state index in [1.807, 2.05) is 12.1 Å². The molecule has 1 aromatic heterocycles. The van der Waals surface area contributed by atoms with Crippen molar-refractivity contribution < 1.29 is 19.5 Å². The molecule has 0 fully saturated rings. The molecule has 9 nitrogen and oxygen atoms in total. The predicted octanol–water partition coefficient (Wildman–Crippen LogP) is 3.23. The summed E-state index contributed by atoms with van der Waals surface area (Å²) in [6.07, 6.45) is 3.01. The summed E-state index contributed by atoms with van der Waals surface area (Å²) in [5.74, 6) is -1.12. The quantitative estimate of drug-likeness (QED) is 0.313. The smallest absolute Gasteiger partial charge is 0.335 e. The van der Waals surface area contributed by atoms with E-state index in [-0.39, 0.29) is 29.7 Å². The zero-order valence-corrected chi connectivity index (χ0v) is 19.1. The molecule has 1 heterocycles. The van der Waals surface area contributed by atoms with Crippen LogP contribution in [0.15, 0.2) is 59.8 Å². The van der Waals surface area contributed by atoms with E-state index < -0.39 is 5.97 Å². The molecule has 0 aliphatic carbocycles. The van der Waals surface area contributed by atoms with Crippen LogP contribution in [0.5, 0.6) is 0 Å². The number of rotatable bonds is 9. The summed E-state index contributed by atoms with van der Waals surface area (Å²) in [6.45, 7) is 0.157. The zero-order valence-electron chi connectivity index (χ0n) is 17.5. The molecule has 33 heavy (non-hydrogen) atoms. The molecule has 0 bridgehead atoms. The van der Waals surface area contributed by atoms with Gasteiger partial charge in [-0.15, -0.1) is 10.2 Å². The second kappa shape index (κ2) is 11.3. The van der Waals surface area contributed by atoms with E-state index in [4.69, 9.17) is 16.7 Å². The van der Waals surface area contributed by atoms with Crippen LogP contribution in [0.3, 0.4) is 0 Å². The van der Waals surface area contributed by atoms with Crippen LogP contribution in [0.4, 0.5) is 5.69 Å². The van der Waals surface area contributed by atoms with Gasteiger partial charge in [-0.2, -0.15) is 0 Å². The van der Waals surface area contributed by atoms with Crippen molar-refractivity contribution in [1.82, 2.24) is 20.1 Å². The maximum Gasteiger partial charge on any atom is 0.335 e. The highest BCUT2D eigenvalue weighted by molar-refractivity contribution is 7.99. The van der Waals surface area contributed by atoms with Crippen LogP contribution in [-0.4, -0.2) is 43.4 Å². The van der Waals surface area contributed by atoms with Gasteiger partial charge in [0.15, 0.2) is 11.0 Å². The number of aromatic carboxylic acids is 1. The van der Waals surface area contributed by atoms with Gasteiger partial charge in [0, 0.05) is 23.8 Å².